The van der Waals surface area contributed by atoms with Crippen molar-refractivity contribution in [2.24, 2.45) is 0 Å². The standard InChI is InChI=1S/C13H15ClF3N.C8H7F3.C3H6O2/c14-12-5-4-11(13(15,16)17)8-10(12)9-18-6-2-1-3-7-18;1-6-2-4-7(5-3-6)8(9,10)11;1-3(4)5-2/h4-5,8H,1-3,6-7,9H2;2-5H,1H3;1-2H3. The number of carbonyl (C=O) groups is 1. The van der Waals surface area contributed by atoms with E-state index in [0.717, 1.165) is 55.8 Å². The lowest BCUT2D eigenvalue weighted by atomic mass is 10.1. The normalized spacial score (nSPS) is 14.3. The Hall–Kier alpha value is -2.26. The predicted octanol–water partition coefficient (Wildman–Crippen LogP) is 7.54. The van der Waals surface area contributed by atoms with Crippen LogP contribution in [0.3, 0.4) is 0 Å². The highest BCUT2D eigenvalue weighted by atomic mass is 35.5. The molecule has 0 N–H and O–H groups in total. The number of rotatable bonds is 2. The summed E-state index contributed by atoms with van der Waals surface area (Å²) in [7, 11) is 1.35. The lowest BCUT2D eigenvalue weighted by molar-refractivity contribution is -0.138. The first-order chi connectivity index (χ1) is 15.7. The van der Waals surface area contributed by atoms with Crippen molar-refractivity contribution in [2.45, 2.75) is 52.0 Å². The summed E-state index contributed by atoms with van der Waals surface area (Å²) in [4.78, 5) is 11.7. The van der Waals surface area contributed by atoms with Gasteiger partial charge in [-0.3, -0.25) is 9.69 Å². The van der Waals surface area contributed by atoms with Crippen molar-refractivity contribution in [1.82, 2.24) is 4.90 Å². The van der Waals surface area contributed by atoms with Gasteiger partial charge in [-0.2, -0.15) is 26.3 Å². The first-order valence-electron chi connectivity index (χ1n) is 10.5. The van der Waals surface area contributed by atoms with Crippen LogP contribution in [0.4, 0.5) is 26.3 Å². The molecule has 0 amide bonds. The number of alkyl halides is 6. The van der Waals surface area contributed by atoms with Gasteiger partial charge in [-0.25, -0.2) is 0 Å². The first kappa shape index (κ1) is 29.8. The second-order valence-corrected chi connectivity index (χ2v) is 8.11. The largest absolute Gasteiger partial charge is 0.469 e. The Bertz CT molecular complexity index is 892. The van der Waals surface area contributed by atoms with Crippen LogP contribution in [-0.2, 0) is 28.4 Å². The average Bonchev–Trinajstić information content (AvgIpc) is 2.76. The molecule has 2 aromatic rings. The number of benzene rings is 2. The monoisotopic (exact) mass is 511 g/mol. The molecule has 1 aliphatic rings. The van der Waals surface area contributed by atoms with Gasteiger partial charge in [0.2, 0.25) is 0 Å². The van der Waals surface area contributed by atoms with E-state index in [0.29, 0.717) is 17.1 Å². The highest BCUT2D eigenvalue weighted by Gasteiger charge is 2.31. The van der Waals surface area contributed by atoms with Crippen molar-refractivity contribution < 1.29 is 35.9 Å². The number of esters is 1. The van der Waals surface area contributed by atoms with Crippen molar-refractivity contribution in [1.29, 1.82) is 0 Å². The van der Waals surface area contributed by atoms with Crippen molar-refractivity contribution >= 4 is 17.6 Å². The third kappa shape index (κ3) is 11.2. The Morgan fingerprint density at radius 2 is 1.38 bits per heavy atom. The zero-order valence-corrected chi connectivity index (χ0v) is 19.9. The maximum Gasteiger partial charge on any atom is 0.416 e. The summed E-state index contributed by atoms with van der Waals surface area (Å²) in [6.07, 6.45) is -5.10. The molecule has 3 nitrogen and oxygen atoms in total. The summed E-state index contributed by atoms with van der Waals surface area (Å²) < 4.78 is 77.7. The fourth-order valence-electron chi connectivity index (χ4n) is 2.97. The highest BCUT2D eigenvalue weighted by molar-refractivity contribution is 6.31. The Kier molecular flexibility index (Phi) is 11.9. The van der Waals surface area contributed by atoms with Gasteiger partial charge >= 0.3 is 18.3 Å². The second-order valence-electron chi connectivity index (χ2n) is 7.70. The minimum absolute atomic E-state index is 0.245. The summed E-state index contributed by atoms with van der Waals surface area (Å²) in [5.74, 6) is -0.245. The van der Waals surface area contributed by atoms with E-state index < -0.39 is 23.5 Å². The highest BCUT2D eigenvalue weighted by Crippen LogP contribution is 2.32. The molecule has 0 atom stereocenters. The third-order valence-corrected chi connectivity index (χ3v) is 5.25. The number of halogens is 7. The van der Waals surface area contributed by atoms with Gasteiger partial charge in [0.05, 0.1) is 18.2 Å². The Morgan fingerprint density at radius 1 is 0.912 bits per heavy atom. The van der Waals surface area contributed by atoms with Gasteiger partial charge < -0.3 is 4.74 Å². The van der Waals surface area contributed by atoms with E-state index >= 15 is 0 Å². The van der Waals surface area contributed by atoms with Gasteiger partial charge in [-0.05, 0) is 68.8 Å². The van der Waals surface area contributed by atoms with E-state index in [9.17, 15) is 31.1 Å². The maximum absolute atomic E-state index is 12.6. The topological polar surface area (TPSA) is 29.5 Å². The molecule has 1 fully saturated rings. The van der Waals surface area contributed by atoms with Gasteiger partial charge in [0.25, 0.3) is 0 Å². The lowest BCUT2D eigenvalue weighted by Crippen LogP contribution is -2.29. The van der Waals surface area contributed by atoms with Gasteiger partial charge in [0.1, 0.15) is 0 Å². The van der Waals surface area contributed by atoms with Crippen molar-refractivity contribution in [2.75, 3.05) is 20.2 Å². The van der Waals surface area contributed by atoms with Crippen LogP contribution in [0.5, 0.6) is 0 Å². The van der Waals surface area contributed by atoms with Gasteiger partial charge in [-0.15, -0.1) is 0 Å². The van der Waals surface area contributed by atoms with E-state index in [1.165, 1.54) is 38.7 Å². The zero-order valence-electron chi connectivity index (χ0n) is 19.2. The van der Waals surface area contributed by atoms with Crippen LogP contribution in [0.15, 0.2) is 42.5 Å². The number of methoxy groups -OCH3 is 1. The quantitative estimate of drug-likeness (QED) is 0.308. The molecule has 0 radical (unpaired) electrons. The molecular weight excluding hydrogens is 484 g/mol. The smallest absolute Gasteiger partial charge is 0.416 e. The second kappa shape index (κ2) is 13.6. The average molecular weight is 512 g/mol. The minimum atomic E-state index is -4.30. The van der Waals surface area contributed by atoms with Crippen LogP contribution >= 0.6 is 11.6 Å². The number of piperidine rings is 1. The number of carbonyl (C=O) groups excluding carboxylic acids is 1. The minimum Gasteiger partial charge on any atom is -0.469 e. The van der Waals surface area contributed by atoms with Gasteiger partial charge in [-0.1, -0.05) is 35.7 Å². The van der Waals surface area contributed by atoms with E-state index in [1.807, 2.05) is 0 Å². The molecule has 0 unspecified atom stereocenters. The Labute approximate surface area is 200 Å². The number of aryl methyl sites for hydroxylation is 1. The van der Waals surface area contributed by atoms with Gasteiger partial charge in [0.15, 0.2) is 0 Å². The van der Waals surface area contributed by atoms with Crippen LogP contribution < -0.4 is 0 Å². The van der Waals surface area contributed by atoms with E-state index in [2.05, 4.69) is 9.64 Å². The molecule has 34 heavy (non-hydrogen) atoms. The summed E-state index contributed by atoms with van der Waals surface area (Å²) in [5, 5.41) is 0.411. The molecule has 0 bridgehead atoms. The van der Waals surface area contributed by atoms with Crippen LogP contribution in [-0.4, -0.2) is 31.1 Å². The number of hydrogen-bond acceptors (Lipinski definition) is 3. The molecule has 0 saturated carbocycles. The molecule has 190 valence electrons. The van der Waals surface area contributed by atoms with Crippen LogP contribution in [0.25, 0.3) is 0 Å². The number of hydrogen-bond donors (Lipinski definition) is 0. The number of likely N-dealkylation sites (tertiary alicyclic amines) is 1. The fourth-order valence-corrected chi connectivity index (χ4v) is 3.15. The predicted molar refractivity (Wildman–Crippen MR) is 119 cm³/mol. The maximum atomic E-state index is 12.6. The molecule has 3 rings (SSSR count). The Morgan fingerprint density at radius 3 is 1.82 bits per heavy atom. The first-order valence-corrected chi connectivity index (χ1v) is 10.9. The SMILES string of the molecule is COC(C)=O.Cc1ccc(C(F)(F)F)cc1.FC(F)(F)c1ccc(Cl)c(CN2CCCCC2)c1. The van der Waals surface area contributed by atoms with Crippen molar-refractivity contribution in [3.05, 3.63) is 69.7 Å². The molecule has 0 aliphatic carbocycles. The van der Waals surface area contributed by atoms with Gasteiger partial charge in [0, 0.05) is 18.5 Å². The van der Waals surface area contributed by atoms with Crippen molar-refractivity contribution in [3.8, 4) is 0 Å². The summed E-state index contributed by atoms with van der Waals surface area (Å²) >= 11 is 5.97. The van der Waals surface area contributed by atoms with Crippen LogP contribution in [0.1, 0.15) is 48.4 Å². The van der Waals surface area contributed by atoms with E-state index in [1.54, 1.807) is 6.92 Å². The lowest BCUT2D eigenvalue weighted by Gasteiger charge is -2.27. The molecular formula is C24H28ClF6NO2. The summed E-state index contributed by atoms with van der Waals surface area (Å²) in [6.45, 7) is 5.49. The molecule has 10 heteroatoms. The van der Waals surface area contributed by atoms with Crippen LogP contribution in [0, 0.1) is 6.92 Å². The number of nitrogens with zero attached hydrogens (tertiary/aromatic N) is 1. The van der Waals surface area contributed by atoms with E-state index in [-0.39, 0.29) is 5.97 Å². The molecule has 0 spiro atoms. The Balaban J connectivity index is 0.000000307. The van der Waals surface area contributed by atoms with Crippen molar-refractivity contribution in [3.63, 3.8) is 0 Å². The van der Waals surface area contributed by atoms with Crippen LogP contribution in [0.2, 0.25) is 5.02 Å². The molecule has 1 aliphatic heterocycles. The fraction of sp³-hybridized carbons (Fsp3) is 0.458. The molecule has 0 aromatic heterocycles. The zero-order chi connectivity index (χ0) is 25.9. The molecule has 1 saturated heterocycles. The molecule has 1 heterocycles. The summed E-state index contributed by atoms with van der Waals surface area (Å²) in [6, 6.07) is 8.58. The summed E-state index contributed by atoms with van der Waals surface area (Å²) in [5.41, 5.74) is 0.174. The third-order valence-electron chi connectivity index (χ3n) is 4.88. The number of ether oxygens (including phenoxy) is 1. The van der Waals surface area contributed by atoms with E-state index in [4.69, 9.17) is 11.6 Å². The molecule has 2 aromatic carbocycles.